The van der Waals surface area contributed by atoms with Crippen LogP contribution >= 0.6 is 0 Å². The molecule has 0 amide bonds. The lowest BCUT2D eigenvalue weighted by Gasteiger charge is -2.00. The fourth-order valence-electron chi connectivity index (χ4n) is 0.856. The number of azide groups is 1. The van der Waals surface area contributed by atoms with Gasteiger partial charge in [0, 0.05) is 10.6 Å². The summed E-state index contributed by atoms with van der Waals surface area (Å²) in [5.41, 5.74) is 9.30. The molecule has 14 heavy (non-hydrogen) atoms. The molecule has 1 aromatic carbocycles. The Balaban J connectivity index is 2.63. The summed E-state index contributed by atoms with van der Waals surface area (Å²) >= 11 is 0. The smallest absolute Gasteiger partial charge is 0.450 e. The summed E-state index contributed by atoms with van der Waals surface area (Å²) in [4.78, 5) is 12.7. The van der Waals surface area contributed by atoms with Gasteiger partial charge in [-0.15, -0.1) is 0 Å². The summed E-state index contributed by atoms with van der Waals surface area (Å²) in [5.74, 6) is 0. The van der Waals surface area contributed by atoms with Gasteiger partial charge in [-0.25, -0.2) is 4.79 Å². The van der Waals surface area contributed by atoms with E-state index in [1.54, 1.807) is 24.3 Å². The van der Waals surface area contributed by atoms with Gasteiger partial charge in [0.2, 0.25) is 0 Å². The Hall–Kier alpha value is -2.20. The van der Waals surface area contributed by atoms with Crippen LogP contribution < -0.4 is 0 Å². The molecule has 0 saturated heterocycles. The van der Waals surface area contributed by atoms with Crippen LogP contribution in [0.15, 0.2) is 29.4 Å². The van der Waals surface area contributed by atoms with Crippen LogP contribution in [-0.4, -0.2) is 11.3 Å². The first-order valence-electron chi connectivity index (χ1n) is 3.72. The number of rotatable bonds is 3. The first kappa shape index (κ1) is 9.88. The highest BCUT2D eigenvalue weighted by atomic mass is 16.7. The average Bonchev–Trinajstić information content (AvgIpc) is 2.17. The second-order valence-electron chi connectivity index (χ2n) is 2.41. The Morgan fingerprint density at radius 2 is 2.14 bits per heavy atom. The van der Waals surface area contributed by atoms with E-state index in [-0.39, 0.29) is 6.61 Å². The van der Waals surface area contributed by atoms with Crippen molar-refractivity contribution in [2.75, 3.05) is 0 Å². The molecule has 0 saturated carbocycles. The van der Waals surface area contributed by atoms with Gasteiger partial charge in [-0.1, -0.05) is 29.4 Å². The van der Waals surface area contributed by atoms with Crippen molar-refractivity contribution in [2.24, 2.45) is 5.11 Å². The Bertz CT molecular complexity index is 368. The predicted octanol–water partition coefficient (Wildman–Crippen LogP) is 2.82. The molecule has 0 fully saturated rings. The van der Waals surface area contributed by atoms with Crippen LogP contribution in [0.5, 0.6) is 0 Å². The number of carboxylic acid groups (broad SMARTS) is 1. The van der Waals surface area contributed by atoms with Crippen molar-refractivity contribution < 1.29 is 14.6 Å². The second-order valence-corrected chi connectivity index (χ2v) is 2.41. The lowest BCUT2D eigenvalue weighted by atomic mass is 10.2. The van der Waals surface area contributed by atoms with Gasteiger partial charge in [0.1, 0.15) is 6.61 Å². The number of benzene rings is 1. The van der Waals surface area contributed by atoms with E-state index >= 15 is 0 Å². The Morgan fingerprint density at radius 3 is 2.64 bits per heavy atom. The maximum atomic E-state index is 10.1. The van der Waals surface area contributed by atoms with Crippen LogP contribution in [0.25, 0.3) is 10.4 Å². The molecule has 0 radical (unpaired) electrons. The first-order chi connectivity index (χ1) is 6.72. The molecule has 72 valence electrons. The number of carbonyl (C=O) groups is 1. The van der Waals surface area contributed by atoms with Gasteiger partial charge in [-0.2, -0.15) is 0 Å². The molecule has 1 rings (SSSR count). The molecule has 1 aromatic rings. The zero-order chi connectivity index (χ0) is 10.4. The summed E-state index contributed by atoms with van der Waals surface area (Å²) in [6.07, 6.45) is -1.32. The van der Waals surface area contributed by atoms with E-state index in [2.05, 4.69) is 14.8 Å². The molecular weight excluding hydrogens is 186 g/mol. The number of ether oxygens (including phenoxy) is 1. The Kier molecular flexibility index (Phi) is 3.34. The van der Waals surface area contributed by atoms with E-state index in [0.717, 1.165) is 0 Å². The molecule has 0 spiro atoms. The van der Waals surface area contributed by atoms with Gasteiger partial charge in [0.05, 0.1) is 0 Å². The highest BCUT2D eigenvalue weighted by molar-refractivity contribution is 5.56. The highest BCUT2D eigenvalue weighted by Gasteiger charge is 1.97. The topological polar surface area (TPSA) is 95.3 Å². The van der Waals surface area contributed by atoms with Crippen LogP contribution in [0.1, 0.15) is 5.56 Å². The van der Waals surface area contributed by atoms with Gasteiger partial charge in [-0.3, -0.25) is 0 Å². The number of nitrogens with zero attached hydrogens (tertiary/aromatic N) is 3. The zero-order valence-electron chi connectivity index (χ0n) is 7.12. The van der Waals surface area contributed by atoms with E-state index in [9.17, 15) is 4.79 Å². The van der Waals surface area contributed by atoms with Gasteiger partial charge in [0.15, 0.2) is 0 Å². The molecule has 0 unspecified atom stereocenters. The molecule has 0 aliphatic carbocycles. The molecule has 0 aromatic heterocycles. The monoisotopic (exact) mass is 193 g/mol. The minimum absolute atomic E-state index is 0.00805. The van der Waals surface area contributed by atoms with Crippen molar-refractivity contribution in [3.63, 3.8) is 0 Å². The fraction of sp³-hybridized carbons (Fsp3) is 0.125. The molecule has 0 bridgehead atoms. The van der Waals surface area contributed by atoms with Crippen LogP contribution in [0, 0.1) is 0 Å². The van der Waals surface area contributed by atoms with E-state index in [0.29, 0.717) is 11.3 Å². The Morgan fingerprint density at radius 1 is 1.50 bits per heavy atom. The average molecular weight is 193 g/mol. The molecule has 6 heteroatoms. The normalized spacial score (nSPS) is 8.86. The molecule has 0 heterocycles. The van der Waals surface area contributed by atoms with E-state index < -0.39 is 6.16 Å². The van der Waals surface area contributed by atoms with E-state index in [4.69, 9.17) is 10.6 Å². The predicted molar refractivity (Wildman–Crippen MR) is 48.1 cm³/mol. The quantitative estimate of drug-likeness (QED) is 0.346. The third-order valence-electron chi connectivity index (χ3n) is 1.46. The summed E-state index contributed by atoms with van der Waals surface area (Å²) < 4.78 is 4.34. The first-order valence-corrected chi connectivity index (χ1v) is 3.72. The third-order valence-corrected chi connectivity index (χ3v) is 1.46. The summed E-state index contributed by atoms with van der Waals surface area (Å²) in [6, 6.07) is 6.43. The van der Waals surface area contributed by atoms with Crippen molar-refractivity contribution >= 4 is 11.8 Å². The van der Waals surface area contributed by atoms with Crippen molar-refractivity contribution in [2.45, 2.75) is 6.61 Å². The standard InChI is InChI=1S/C8H7N3O3/c9-11-10-7-3-1-6(2-4-7)5-14-8(12)13/h1-4H,5H2,(H,12,13). The molecule has 0 atom stereocenters. The number of hydrogen-bond acceptors (Lipinski definition) is 3. The zero-order valence-corrected chi connectivity index (χ0v) is 7.12. The van der Waals surface area contributed by atoms with Crippen molar-refractivity contribution in [1.29, 1.82) is 0 Å². The van der Waals surface area contributed by atoms with E-state index in [1.165, 1.54) is 0 Å². The van der Waals surface area contributed by atoms with Crippen molar-refractivity contribution in [1.82, 2.24) is 0 Å². The summed E-state index contributed by atoms with van der Waals surface area (Å²) in [5, 5.41) is 11.6. The summed E-state index contributed by atoms with van der Waals surface area (Å²) in [6.45, 7) is -0.00805. The van der Waals surface area contributed by atoms with Crippen molar-refractivity contribution in [3.8, 4) is 0 Å². The lowest BCUT2D eigenvalue weighted by molar-refractivity contribution is 0.0854. The third kappa shape index (κ3) is 3.04. The summed E-state index contributed by atoms with van der Waals surface area (Å²) in [7, 11) is 0. The van der Waals surface area contributed by atoms with Crippen LogP contribution in [0.4, 0.5) is 10.5 Å². The van der Waals surface area contributed by atoms with E-state index in [1.807, 2.05) is 0 Å². The van der Waals surface area contributed by atoms with Gasteiger partial charge < -0.3 is 9.84 Å². The SMILES string of the molecule is [N-]=[N+]=Nc1ccc(COC(=O)O)cc1. The molecule has 1 N–H and O–H groups in total. The van der Waals surface area contributed by atoms with Crippen LogP contribution in [0.2, 0.25) is 0 Å². The van der Waals surface area contributed by atoms with Crippen LogP contribution in [0.3, 0.4) is 0 Å². The number of hydrogen-bond donors (Lipinski definition) is 1. The highest BCUT2D eigenvalue weighted by Crippen LogP contribution is 2.13. The minimum atomic E-state index is -1.32. The van der Waals surface area contributed by atoms with Gasteiger partial charge in [0.25, 0.3) is 0 Å². The lowest BCUT2D eigenvalue weighted by Crippen LogP contribution is -1.99. The largest absolute Gasteiger partial charge is 0.506 e. The molecule has 0 aliphatic rings. The van der Waals surface area contributed by atoms with Crippen molar-refractivity contribution in [3.05, 3.63) is 40.3 Å². The molecular formula is C8H7N3O3. The maximum absolute atomic E-state index is 10.1. The molecule has 0 aliphatic heterocycles. The second kappa shape index (κ2) is 4.74. The maximum Gasteiger partial charge on any atom is 0.506 e. The van der Waals surface area contributed by atoms with Gasteiger partial charge in [-0.05, 0) is 11.1 Å². The molecule has 6 nitrogen and oxygen atoms in total. The fourth-order valence-corrected chi connectivity index (χ4v) is 0.856. The van der Waals surface area contributed by atoms with Gasteiger partial charge >= 0.3 is 6.16 Å². The Labute approximate surface area is 79.4 Å². The van der Waals surface area contributed by atoms with Crippen LogP contribution in [-0.2, 0) is 11.3 Å². The minimum Gasteiger partial charge on any atom is -0.450 e.